The molecule has 0 aliphatic carbocycles. The molecular weight excluding hydrogens is 262 g/mol. The zero-order chi connectivity index (χ0) is 11.3. The SMILES string of the molecule is CCCCCC(Br)c1cc(F)ccc1F. The molecule has 3 heteroatoms. The number of halogens is 3. The molecule has 1 aromatic carbocycles. The Hall–Kier alpha value is -0.440. The van der Waals surface area contributed by atoms with Crippen LogP contribution < -0.4 is 0 Å². The van der Waals surface area contributed by atoms with E-state index in [1.165, 1.54) is 12.1 Å². The van der Waals surface area contributed by atoms with Gasteiger partial charge in [-0.15, -0.1) is 0 Å². The molecule has 0 nitrogen and oxygen atoms in total. The molecule has 0 fully saturated rings. The van der Waals surface area contributed by atoms with Crippen LogP contribution in [-0.2, 0) is 0 Å². The molecule has 1 unspecified atom stereocenters. The molecule has 1 atom stereocenters. The van der Waals surface area contributed by atoms with Crippen LogP contribution in [0.4, 0.5) is 8.78 Å². The summed E-state index contributed by atoms with van der Waals surface area (Å²) in [6.07, 6.45) is 4.13. The molecule has 0 N–H and O–H groups in total. The Bertz CT molecular complexity index is 312. The molecule has 0 amide bonds. The van der Waals surface area contributed by atoms with E-state index in [1.54, 1.807) is 0 Å². The summed E-state index contributed by atoms with van der Waals surface area (Å²) in [5.41, 5.74) is 0.422. The van der Waals surface area contributed by atoms with E-state index in [-0.39, 0.29) is 16.5 Å². The zero-order valence-corrected chi connectivity index (χ0v) is 10.4. The molecule has 0 heterocycles. The van der Waals surface area contributed by atoms with Gasteiger partial charge in [-0.1, -0.05) is 42.1 Å². The summed E-state index contributed by atoms with van der Waals surface area (Å²) in [5.74, 6) is -0.721. The first-order chi connectivity index (χ1) is 7.15. The van der Waals surface area contributed by atoms with Crippen molar-refractivity contribution in [3.63, 3.8) is 0 Å². The minimum Gasteiger partial charge on any atom is -0.207 e. The Labute approximate surface area is 97.8 Å². The summed E-state index contributed by atoms with van der Waals surface area (Å²) >= 11 is 3.39. The van der Waals surface area contributed by atoms with Crippen LogP contribution in [0.5, 0.6) is 0 Å². The molecule has 0 saturated heterocycles. The van der Waals surface area contributed by atoms with Crippen molar-refractivity contribution in [1.29, 1.82) is 0 Å². The topological polar surface area (TPSA) is 0 Å². The molecule has 15 heavy (non-hydrogen) atoms. The van der Waals surface area contributed by atoms with Crippen molar-refractivity contribution in [2.24, 2.45) is 0 Å². The van der Waals surface area contributed by atoms with Crippen LogP contribution in [0.25, 0.3) is 0 Å². The van der Waals surface area contributed by atoms with Crippen molar-refractivity contribution in [2.45, 2.75) is 37.4 Å². The van der Waals surface area contributed by atoms with Crippen molar-refractivity contribution in [3.8, 4) is 0 Å². The fourth-order valence-corrected chi connectivity index (χ4v) is 2.16. The Kier molecular flexibility index (Phi) is 5.23. The van der Waals surface area contributed by atoms with Gasteiger partial charge in [-0.25, -0.2) is 8.78 Å². The maximum absolute atomic E-state index is 13.3. The van der Waals surface area contributed by atoms with Gasteiger partial charge in [0, 0.05) is 10.4 Å². The van der Waals surface area contributed by atoms with Crippen molar-refractivity contribution in [1.82, 2.24) is 0 Å². The van der Waals surface area contributed by atoms with E-state index in [0.29, 0.717) is 5.56 Å². The Morgan fingerprint density at radius 3 is 2.67 bits per heavy atom. The van der Waals surface area contributed by atoms with Gasteiger partial charge >= 0.3 is 0 Å². The molecule has 0 aliphatic rings. The Morgan fingerprint density at radius 1 is 1.27 bits per heavy atom. The molecule has 0 aliphatic heterocycles. The fourth-order valence-electron chi connectivity index (χ4n) is 1.48. The molecule has 0 spiro atoms. The second kappa shape index (κ2) is 6.21. The minimum atomic E-state index is -0.383. The van der Waals surface area contributed by atoms with E-state index in [4.69, 9.17) is 0 Å². The minimum absolute atomic E-state index is 0.0836. The highest BCUT2D eigenvalue weighted by Crippen LogP contribution is 2.30. The van der Waals surface area contributed by atoms with E-state index >= 15 is 0 Å². The summed E-state index contributed by atoms with van der Waals surface area (Å²) in [4.78, 5) is -0.0836. The molecule has 1 aromatic rings. The first kappa shape index (κ1) is 12.6. The van der Waals surface area contributed by atoms with Gasteiger partial charge in [0.25, 0.3) is 0 Å². The number of rotatable bonds is 5. The predicted molar refractivity (Wildman–Crippen MR) is 62.2 cm³/mol. The van der Waals surface area contributed by atoms with E-state index < -0.39 is 0 Å². The summed E-state index contributed by atoms with van der Waals surface area (Å²) in [6.45, 7) is 2.12. The second-order valence-corrected chi connectivity index (χ2v) is 4.73. The summed E-state index contributed by atoms with van der Waals surface area (Å²) in [6, 6.07) is 3.59. The summed E-state index contributed by atoms with van der Waals surface area (Å²) in [5, 5.41) is 0. The van der Waals surface area contributed by atoms with Crippen LogP contribution >= 0.6 is 15.9 Å². The summed E-state index contributed by atoms with van der Waals surface area (Å²) < 4.78 is 26.2. The second-order valence-electron chi connectivity index (χ2n) is 3.63. The van der Waals surface area contributed by atoms with E-state index in [1.807, 2.05) is 0 Å². The van der Waals surface area contributed by atoms with Gasteiger partial charge in [-0.05, 0) is 24.6 Å². The smallest absolute Gasteiger partial charge is 0.127 e. The monoisotopic (exact) mass is 276 g/mol. The third-order valence-corrected chi connectivity index (χ3v) is 3.31. The molecule has 84 valence electrons. The van der Waals surface area contributed by atoms with Gasteiger partial charge in [0.15, 0.2) is 0 Å². The average molecular weight is 277 g/mol. The number of hydrogen-bond acceptors (Lipinski definition) is 0. The highest BCUT2D eigenvalue weighted by molar-refractivity contribution is 9.09. The van der Waals surface area contributed by atoms with Gasteiger partial charge in [0.2, 0.25) is 0 Å². The maximum Gasteiger partial charge on any atom is 0.127 e. The first-order valence-electron chi connectivity index (χ1n) is 5.24. The molecular formula is C12H15BrF2. The molecule has 0 aromatic heterocycles. The van der Waals surface area contributed by atoms with Crippen LogP contribution in [0.15, 0.2) is 18.2 Å². The predicted octanol–water partition coefficient (Wildman–Crippen LogP) is 4.98. The Morgan fingerprint density at radius 2 is 2.00 bits per heavy atom. The van der Waals surface area contributed by atoms with E-state index in [0.717, 1.165) is 31.7 Å². The normalized spacial score (nSPS) is 12.8. The third-order valence-electron chi connectivity index (χ3n) is 2.36. The lowest BCUT2D eigenvalue weighted by Crippen LogP contribution is -1.95. The number of unbranched alkanes of at least 4 members (excludes halogenated alkanes) is 2. The number of benzene rings is 1. The number of alkyl halides is 1. The highest BCUT2D eigenvalue weighted by Gasteiger charge is 2.12. The van der Waals surface area contributed by atoms with E-state index in [9.17, 15) is 8.78 Å². The zero-order valence-electron chi connectivity index (χ0n) is 8.77. The maximum atomic E-state index is 13.3. The number of hydrogen-bond donors (Lipinski definition) is 0. The van der Waals surface area contributed by atoms with Crippen molar-refractivity contribution in [2.75, 3.05) is 0 Å². The third kappa shape index (κ3) is 3.90. The fraction of sp³-hybridized carbons (Fsp3) is 0.500. The van der Waals surface area contributed by atoms with Crippen molar-refractivity contribution >= 4 is 15.9 Å². The van der Waals surface area contributed by atoms with Crippen LogP contribution in [-0.4, -0.2) is 0 Å². The summed E-state index contributed by atoms with van der Waals surface area (Å²) in [7, 11) is 0. The quantitative estimate of drug-likeness (QED) is 0.526. The molecule has 1 rings (SSSR count). The van der Waals surface area contributed by atoms with Crippen LogP contribution in [0, 0.1) is 11.6 Å². The van der Waals surface area contributed by atoms with Gasteiger partial charge < -0.3 is 0 Å². The standard InChI is InChI=1S/C12H15BrF2/c1-2-3-4-5-11(13)10-8-9(14)6-7-12(10)15/h6-8,11H,2-5H2,1H3. The lowest BCUT2D eigenvalue weighted by Gasteiger charge is -2.10. The lowest BCUT2D eigenvalue weighted by atomic mass is 10.1. The largest absolute Gasteiger partial charge is 0.207 e. The average Bonchev–Trinajstić information content (AvgIpc) is 2.22. The van der Waals surface area contributed by atoms with E-state index in [2.05, 4.69) is 22.9 Å². The van der Waals surface area contributed by atoms with Crippen molar-refractivity contribution < 1.29 is 8.78 Å². The van der Waals surface area contributed by atoms with Crippen LogP contribution in [0.1, 0.15) is 43.0 Å². The molecule has 0 saturated carbocycles. The van der Waals surface area contributed by atoms with Crippen LogP contribution in [0.3, 0.4) is 0 Å². The van der Waals surface area contributed by atoms with Crippen LogP contribution in [0.2, 0.25) is 0 Å². The van der Waals surface area contributed by atoms with Gasteiger partial charge in [-0.2, -0.15) is 0 Å². The van der Waals surface area contributed by atoms with Crippen molar-refractivity contribution in [3.05, 3.63) is 35.4 Å². The van der Waals surface area contributed by atoms with Gasteiger partial charge in [-0.3, -0.25) is 0 Å². The molecule has 0 radical (unpaired) electrons. The lowest BCUT2D eigenvalue weighted by molar-refractivity contribution is 0.573. The first-order valence-corrected chi connectivity index (χ1v) is 6.15. The highest BCUT2D eigenvalue weighted by atomic mass is 79.9. The molecule has 0 bridgehead atoms. The van der Waals surface area contributed by atoms with Gasteiger partial charge in [0.1, 0.15) is 11.6 Å². The Balaban J connectivity index is 2.64. The van der Waals surface area contributed by atoms with Gasteiger partial charge in [0.05, 0.1) is 0 Å².